The number of carboxylic acid groups (broad SMARTS) is 3. The third-order valence-electron chi connectivity index (χ3n) is 13.4. The molecule has 2 bridgehead atoms. The summed E-state index contributed by atoms with van der Waals surface area (Å²) in [5, 5.41) is 88.5. The molecule has 1 unspecified atom stereocenters. The Hall–Kier alpha value is -7.57. The number of aromatic nitrogens is 1. The number of hydrogen-bond acceptors (Lipinski definition) is 22. The van der Waals surface area contributed by atoms with Crippen LogP contribution in [0.15, 0.2) is 41.5 Å². The van der Waals surface area contributed by atoms with Crippen LogP contribution in [0.25, 0.3) is 0 Å². The summed E-state index contributed by atoms with van der Waals surface area (Å²) in [6, 6.07) is 3.66. The van der Waals surface area contributed by atoms with Crippen molar-refractivity contribution in [1.82, 2.24) is 46.7 Å². The summed E-state index contributed by atoms with van der Waals surface area (Å²) in [4.78, 5) is 136. The molecule has 2 aliphatic heterocycles. The zero-order valence-corrected chi connectivity index (χ0v) is 50.6. The number of likely N-dealkylation sites (N-methyl/N-ethyl adjacent to an activating group) is 1. The second-order valence-corrected chi connectivity index (χ2v) is 20.5. The zero-order valence-electron chi connectivity index (χ0n) is 48.8. The Balaban J connectivity index is 0.00000119. The summed E-state index contributed by atoms with van der Waals surface area (Å²) >= 11 is 0. The monoisotopic (exact) mass is 1320 g/mol. The maximum Gasteiger partial charge on any atom is 0.317 e. The van der Waals surface area contributed by atoms with Crippen molar-refractivity contribution in [2.75, 3.05) is 96.9 Å². The Morgan fingerprint density at radius 2 is 1.52 bits per heavy atom. The van der Waals surface area contributed by atoms with Crippen LogP contribution in [0.5, 0.6) is 0 Å². The van der Waals surface area contributed by atoms with Gasteiger partial charge in [0.25, 0.3) is 11.8 Å². The Bertz CT molecular complexity index is 2620. The molecule has 7 amide bonds. The fraction of sp³-hybridized carbons (Fsp3) is 0.577. The van der Waals surface area contributed by atoms with E-state index in [1.807, 2.05) is 0 Å². The number of rotatable bonds is 26. The SMILES string of the molecule is CC(CCCCNC(=O)c1ccc(NN)nc1)C(=O)Nc1cc2cc(c1)C(=O)N[C@H](C(C)C)C(=O)N(C)[C@@H](CCCN=C(N)N)C(=O)NCC(=O)N[C@@H](CC(=O)O)C(=O)NC2.O=C(O)CN1COCC1(CO)CO.O=C(O)CNC(CO)(CO)CO.[99Tc]. The maximum atomic E-state index is 14.0. The van der Waals surface area contributed by atoms with Crippen LogP contribution >= 0.6 is 0 Å². The molecule has 1 fully saturated rings. The van der Waals surface area contributed by atoms with Gasteiger partial charge in [-0.3, -0.25) is 63.2 Å². The number of hydrazine groups is 1. The predicted molar refractivity (Wildman–Crippen MR) is 306 cm³/mol. The molecule has 0 aliphatic carbocycles. The van der Waals surface area contributed by atoms with E-state index in [1.165, 1.54) is 36.3 Å². The summed E-state index contributed by atoms with van der Waals surface area (Å²) in [7, 11) is 1.38. The second kappa shape index (κ2) is 39.3. The van der Waals surface area contributed by atoms with E-state index in [4.69, 9.17) is 57.8 Å². The molecule has 0 saturated carbocycles. The number of carbonyl (C=O) groups is 10. The number of carbonyl (C=O) groups excluding carboxylic acids is 7. The van der Waals surface area contributed by atoms with E-state index in [9.17, 15) is 53.1 Å². The van der Waals surface area contributed by atoms with E-state index in [2.05, 4.69) is 52.6 Å². The molecule has 4 atom stereocenters. The standard InChI is InChI=1S/C39H57N13O9.C7H13NO5.C6H13NO5.Tc/c1-21(2)32-38(61)52(4)28(9-7-13-44-39(40)41)37(60)47-20-30(53)49-27(17-31(54)55)36(59)46-18-23-14-25(35(58)50-32)16-26(15-23)48-33(56)22(3)8-5-6-12-43-34(57)24-10-11-29(51-42)45-19-24;9-2-7(3-10)4-13-5-8(7)1-6(11)12;8-2-6(3-9,4-10)7-1-5(11)12;/h10-11,14-16,19,21-22,27-28,32H,5-9,12-13,17-18,20,42H2,1-4H3,(H,43,57)(H,45,51)(H,46,59)(H,47,60)(H,48,56)(H,49,53)(H,50,58)(H,54,55)(H4,40,41,44);9-10H,1-5H2,(H,11,12);7-10H,1-4H2,(H,11,12);/t22?,27-,28-,32+;;;/m0.../s1/i;;;1+1. The Morgan fingerprint density at radius 3 is 2.07 bits per heavy atom. The molecule has 3 heterocycles. The number of guanidine groups is 1. The molecule has 2 aromatic rings. The number of aliphatic hydroxyl groups excluding tert-OH is 5. The minimum absolute atomic E-state index is 0. The first-order chi connectivity index (χ1) is 40.6. The number of nitrogen functional groups attached to an aromatic ring is 1. The normalized spacial score (nSPS) is 17.7. The van der Waals surface area contributed by atoms with Crippen LogP contribution in [0.2, 0.25) is 0 Å². The molecule has 1 aromatic carbocycles. The van der Waals surface area contributed by atoms with E-state index in [-0.39, 0.29) is 108 Å². The van der Waals surface area contributed by atoms with E-state index in [1.54, 1.807) is 32.9 Å². The molecule has 22 N–H and O–H groups in total. The molecule has 0 spiro atoms. The molecule has 4 rings (SSSR count). The van der Waals surface area contributed by atoms with Crippen LogP contribution in [0.3, 0.4) is 0 Å². The van der Waals surface area contributed by atoms with Crippen LogP contribution in [-0.4, -0.2) is 236 Å². The quantitative estimate of drug-likeness (QED) is 0.0137. The number of hydrogen-bond donors (Lipinski definition) is 19. The number of pyridine rings is 1. The summed E-state index contributed by atoms with van der Waals surface area (Å²) in [5.41, 5.74) is 11.9. The first-order valence-corrected chi connectivity index (χ1v) is 27.1. The number of aliphatic hydroxyl groups is 5. The van der Waals surface area contributed by atoms with Crippen molar-refractivity contribution >= 4 is 76.7 Å². The van der Waals surface area contributed by atoms with Crippen molar-refractivity contribution in [3.05, 3.63) is 53.2 Å². The Kier molecular flexibility index (Phi) is 35.0. The molecule has 35 heteroatoms. The molecule has 34 nitrogen and oxygen atoms in total. The average molecular weight is 1320 g/mol. The van der Waals surface area contributed by atoms with Crippen LogP contribution in [0.4, 0.5) is 11.5 Å². The average Bonchev–Trinajstić information content (AvgIpc) is 3.19. The molecular weight excluding hydrogens is 1240 g/mol. The number of nitrogens with zero attached hydrogens (tertiary/aromatic N) is 4. The maximum absolute atomic E-state index is 14.0. The number of ether oxygens (including phenoxy) is 1. The number of nitrogens with two attached hydrogens (primary N) is 3. The topological polar surface area (TPSA) is 548 Å². The molecule has 1 saturated heterocycles. The largest absolute Gasteiger partial charge is 0.481 e. The minimum Gasteiger partial charge on any atom is -0.481 e. The smallest absolute Gasteiger partial charge is 0.317 e. The van der Waals surface area contributed by atoms with Gasteiger partial charge in [-0.2, -0.15) is 0 Å². The number of anilines is 2. The zero-order chi connectivity index (χ0) is 64.7. The summed E-state index contributed by atoms with van der Waals surface area (Å²) < 4.78 is 5.00. The molecule has 2 aliphatic rings. The van der Waals surface area contributed by atoms with E-state index >= 15 is 0 Å². The van der Waals surface area contributed by atoms with Gasteiger partial charge >= 0.3 is 17.9 Å². The molecule has 487 valence electrons. The van der Waals surface area contributed by atoms with Crippen LogP contribution in [-0.2, 0) is 69.7 Å². The van der Waals surface area contributed by atoms with Gasteiger partial charge in [0.05, 0.1) is 82.3 Å². The van der Waals surface area contributed by atoms with Crippen molar-refractivity contribution in [1.29, 1.82) is 0 Å². The fourth-order valence-electron chi connectivity index (χ4n) is 8.09. The van der Waals surface area contributed by atoms with E-state index < -0.39 is 128 Å². The van der Waals surface area contributed by atoms with Gasteiger partial charge < -0.3 is 99.3 Å². The van der Waals surface area contributed by atoms with Crippen molar-refractivity contribution in [2.45, 2.75) is 95.0 Å². The predicted octanol–water partition coefficient (Wildman–Crippen LogP) is -5.66. The van der Waals surface area contributed by atoms with E-state index in [0.29, 0.717) is 42.8 Å². The first kappa shape index (κ1) is 77.4. The summed E-state index contributed by atoms with van der Waals surface area (Å²) in [5.74, 6) is -3.40. The molecular formula is C52H83N15O19Tc. The number of unbranched alkanes of at least 4 members (excludes halogenated alkanes) is 1. The Morgan fingerprint density at radius 1 is 0.862 bits per heavy atom. The molecule has 1 aromatic heterocycles. The number of carboxylic acids is 3. The summed E-state index contributed by atoms with van der Waals surface area (Å²) in [6.45, 7) is 2.17. The van der Waals surface area contributed by atoms with Crippen molar-refractivity contribution < 1.29 is 114 Å². The van der Waals surface area contributed by atoms with Crippen LogP contribution < -0.4 is 60.0 Å². The van der Waals surface area contributed by atoms with Crippen molar-refractivity contribution in [2.24, 2.45) is 34.1 Å². The van der Waals surface area contributed by atoms with Gasteiger partial charge in [-0.25, -0.2) is 10.8 Å². The van der Waals surface area contributed by atoms with Gasteiger partial charge in [0.2, 0.25) is 29.5 Å². The fourth-order valence-corrected chi connectivity index (χ4v) is 8.09. The number of amides is 7. The van der Waals surface area contributed by atoms with Gasteiger partial charge in [-0.05, 0) is 67.5 Å². The van der Waals surface area contributed by atoms with Gasteiger partial charge in [0.1, 0.15) is 30.7 Å². The van der Waals surface area contributed by atoms with Gasteiger partial charge in [-0.1, -0.05) is 27.2 Å². The number of fused-ring (bicyclic) bond motifs is 2. The van der Waals surface area contributed by atoms with Gasteiger partial charge in [0.15, 0.2) is 5.96 Å². The summed E-state index contributed by atoms with van der Waals surface area (Å²) in [6.07, 6.45) is 2.53. The van der Waals surface area contributed by atoms with Crippen LogP contribution in [0, 0.1) is 11.8 Å². The second-order valence-electron chi connectivity index (χ2n) is 20.5. The van der Waals surface area contributed by atoms with Gasteiger partial charge in [0, 0.05) is 70.2 Å². The van der Waals surface area contributed by atoms with Crippen LogP contribution in [0.1, 0.15) is 85.6 Å². The van der Waals surface area contributed by atoms with Gasteiger partial charge in [-0.15, -0.1) is 0 Å². The molecule has 1 radical (unpaired) electrons. The number of aliphatic imine (C=N–C) groups is 1. The third kappa shape index (κ3) is 26.5. The number of aliphatic carboxylic acids is 3. The molecule has 87 heavy (non-hydrogen) atoms. The van der Waals surface area contributed by atoms with Crippen molar-refractivity contribution in [3.8, 4) is 0 Å². The minimum atomic E-state index is -1.55. The third-order valence-corrected chi connectivity index (χ3v) is 13.4. The number of nitrogens with one attached hydrogen (secondary N) is 8. The first-order valence-electron chi connectivity index (χ1n) is 27.1. The van der Waals surface area contributed by atoms with Crippen molar-refractivity contribution in [3.63, 3.8) is 0 Å². The number of benzene rings is 1. The Labute approximate surface area is 514 Å². The van der Waals surface area contributed by atoms with E-state index in [0.717, 1.165) is 4.90 Å².